The number of sulfone groups is 3. The summed E-state index contributed by atoms with van der Waals surface area (Å²) >= 11 is 15.1. The van der Waals surface area contributed by atoms with Crippen LogP contribution in [-0.4, -0.2) is 112 Å². The summed E-state index contributed by atoms with van der Waals surface area (Å²) < 4.78 is 66.4. The van der Waals surface area contributed by atoms with Crippen molar-refractivity contribution in [2.45, 2.75) is 107 Å². The van der Waals surface area contributed by atoms with Gasteiger partial charge in [0.05, 0.1) is 40.4 Å². The van der Waals surface area contributed by atoms with Crippen LogP contribution in [0.2, 0.25) is 0 Å². The highest BCUT2D eigenvalue weighted by Gasteiger charge is 2.36. The van der Waals surface area contributed by atoms with Crippen molar-refractivity contribution in [2.24, 2.45) is 27.9 Å². The van der Waals surface area contributed by atoms with Gasteiger partial charge in [0.15, 0.2) is 29.5 Å². The lowest BCUT2D eigenvalue weighted by Gasteiger charge is -2.33. The molecule has 0 saturated carbocycles. The molecule has 308 valence electrons. The second kappa shape index (κ2) is 25.3. The Balaban J connectivity index is -0.000000288. The fourth-order valence-electron chi connectivity index (χ4n) is 4.59. The second-order valence-electron chi connectivity index (χ2n) is 16.3. The maximum Gasteiger partial charge on any atom is 0.237 e. The zero-order valence-electron chi connectivity index (χ0n) is 31.6. The summed E-state index contributed by atoms with van der Waals surface area (Å²) in [6, 6.07) is -0.300. The van der Waals surface area contributed by atoms with Gasteiger partial charge < -0.3 is 15.4 Å². The third-order valence-electron chi connectivity index (χ3n) is 7.08. The van der Waals surface area contributed by atoms with Crippen LogP contribution >= 0.6 is 59.6 Å². The third-order valence-corrected chi connectivity index (χ3v) is 13.2. The number of carbonyl (C=O) groups excluding carboxylic acids is 3. The first-order chi connectivity index (χ1) is 21.9. The van der Waals surface area contributed by atoms with Gasteiger partial charge in [0, 0.05) is 24.0 Å². The van der Waals surface area contributed by atoms with Crippen molar-refractivity contribution in [3.05, 3.63) is 0 Å². The van der Waals surface area contributed by atoms with E-state index in [9.17, 15) is 39.6 Å². The summed E-state index contributed by atoms with van der Waals surface area (Å²) in [5.74, 6) is 1.65. The molecule has 3 aliphatic heterocycles. The number of carbonyl (C=O) groups is 3. The number of amides is 1. The zero-order valence-corrected chi connectivity index (χ0v) is 37.9. The van der Waals surface area contributed by atoms with E-state index in [0.717, 1.165) is 25.5 Å². The predicted molar refractivity (Wildman–Crippen MR) is 217 cm³/mol. The van der Waals surface area contributed by atoms with Gasteiger partial charge in [-0.15, -0.1) is 48.0 Å². The van der Waals surface area contributed by atoms with E-state index in [2.05, 4.69) is 20.8 Å². The van der Waals surface area contributed by atoms with Gasteiger partial charge in [0.2, 0.25) is 11.1 Å². The van der Waals surface area contributed by atoms with Crippen molar-refractivity contribution < 1.29 is 39.6 Å². The molecule has 0 bridgehead atoms. The average Bonchev–Trinajstić information content (AvgIpc) is 3.59. The monoisotopic (exact) mass is 890 g/mol. The van der Waals surface area contributed by atoms with E-state index in [1.807, 2.05) is 41.5 Å². The Kier molecular flexibility index (Phi) is 28.6. The largest absolute Gasteiger partial charge is 0.337 e. The molecule has 3 rings (SSSR count). The van der Waals surface area contributed by atoms with E-state index < -0.39 is 34.8 Å². The quantitative estimate of drug-likeness (QED) is 0.196. The molecule has 0 radical (unpaired) electrons. The molecule has 3 saturated heterocycles. The summed E-state index contributed by atoms with van der Waals surface area (Å²) in [7, 11) is -8.36. The Morgan fingerprint density at radius 3 is 1.37 bits per heavy atom. The van der Waals surface area contributed by atoms with Crippen molar-refractivity contribution >= 4 is 107 Å². The highest BCUT2D eigenvalue weighted by Crippen LogP contribution is 2.29. The molecule has 11 nitrogen and oxygen atoms in total. The predicted octanol–water partition coefficient (Wildman–Crippen LogP) is 5.73. The van der Waals surface area contributed by atoms with Crippen molar-refractivity contribution in [1.82, 2.24) is 4.90 Å². The maximum absolute atomic E-state index is 11.8. The van der Waals surface area contributed by atoms with Crippen molar-refractivity contribution in [3.63, 3.8) is 0 Å². The number of aldehydes is 1. The van der Waals surface area contributed by atoms with E-state index in [1.54, 1.807) is 4.90 Å². The van der Waals surface area contributed by atoms with E-state index in [0.29, 0.717) is 42.2 Å². The Hall–Kier alpha value is 0.0700. The van der Waals surface area contributed by atoms with Gasteiger partial charge in [0.25, 0.3) is 0 Å². The fourth-order valence-corrected chi connectivity index (χ4v) is 10.0. The Morgan fingerprint density at radius 1 is 0.725 bits per heavy atom. The number of alkyl halides is 2. The van der Waals surface area contributed by atoms with E-state index in [4.69, 9.17) is 40.5 Å². The first-order valence-corrected chi connectivity index (χ1v) is 23.2. The number of hydrogen-bond acceptors (Lipinski definition) is 10. The second-order valence-corrected chi connectivity index (χ2v) is 23.9. The Morgan fingerprint density at radius 2 is 1.14 bits per heavy atom. The van der Waals surface area contributed by atoms with Crippen LogP contribution in [0.25, 0.3) is 0 Å². The van der Waals surface area contributed by atoms with Crippen LogP contribution in [0.1, 0.15) is 94.4 Å². The number of nitrogens with zero attached hydrogens (tertiary/aromatic N) is 1. The molecule has 2 N–H and O–H groups in total. The Bertz CT molecular complexity index is 1360. The maximum atomic E-state index is 11.8. The van der Waals surface area contributed by atoms with Gasteiger partial charge in [-0.3, -0.25) is 9.59 Å². The number of halogens is 5. The number of nitrogens with two attached hydrogens (primary N) is 1. The fraction of sp³-hybridized carbons (Fsp3) is 0.906. The van der Waals surface area contributed by atoms with Gasteiger partial charge in [-0.1, -0.05) is 62.3 Å². The molecule has 0 aromatic rings. The summed E-state index contributed by atoms with van der Waals surface area (Å²) in [6.07, 6.45) is 5.20. The topological polar surface area (TPSA) is 183 Å². The van der Waals surface area contributed by atoms with Crippen LogP contribution in [0.5, 0.6) is 0 Å². The Labute approximate surface area is 336 Å². The van der Waals surface area contributed by atoms with Gasteiger partial charge in [-0.2, -0.15) is 0 Å². The van der Waals surface area contributed by atoms with Crippen LogP contribution in [0.3, 0.4) is 0 Å². The molecule has 3 heterocycles. The molecule has 51 heavy (non-hydrogen) atoms. The van der Waals surface area contributed by atoms with Crippen LogP contribution in [0.4, 0.5) is 0 Å². The standard InChI is InChI=1S/C11H20ClNO3S.C10H20O2S.C5H10O.C4H9NO2S.C2H2Cl2O.2ClH/c1-11(2,3)8-13(10(14)6-12)9-4-5-17(15,16)7-9;1-10(2,3)6-4-9-5-7-13(11,12)8-9;1-5(2,3)4-6;5-4-1-2-8(6,7)3-4;3-1-2(4)5;;/h9H,4-8H2,1-3H3;9H,4-8H2,1-3H3;4H,1-3H3;4H,1-3,5H2;1H2;2*1H. The lowest BCUT2D eigenvalue weighted by molar-refractivity contribution is -0.131. The van der Waals surface area contributed by atoms with E-state index >= 15 is 0 Å². The van der Waals surface area contributed by atoms with Gasteiger partial charge in [-0.25, -0.2) is 25.3 Å². The van der Waals surface area contributed by atoms with Gasteiger partial charge in [0.1, 0.15) is 12.2 Å². The smallest absolute Gasteiger partial charge is 0.237 e. The molecule has 3 unspecified atom stereocenters. The first-order valence-electron chi connectivity index (χ1n) is 16.3. The van der Waals surface area contributed by atoms with Crippen molar-refractivity contribution in [2.75, 3.05) is 52.8 Å². The highest BCUT2D eigenvalue weighted by molar-refractivity contribution is 7.92. The zero-order chi connectivity index (χ0) is 39.1. The minimum atomic E-state index is -2.97. The number of hydrogen-bond donors (Lipinski definition) is 1. The minimum absolute atomic E-state index is 0. The summed E-state index contributed by atoms with van der Waals surface area (Å²) in [4.78, 5) is 32.7. The van der Waals surface area contributed by atoms with Crippen LogP contribution in [0, 0.1) is 22.2 Å². The molecule has 0 aromatic heterocycles. The molecule has 0 aromatic carbocycles. The molecule has 3 atom stereocenters. The van der Waals surface area contributed by atoms with Crippen LogP contribution in [-0.2, 0) is 43.9 Å². The van der Waals surface area contributed by atoms with Crippen molar-refractivity contribution in [1.29, 1.82) is 0 Å². The molecular formula is C32H63Cl5N2O9S3. The number of rotatable bonds is 6. The molecule has 1 amide bonds. The molecule has 3 aliphatic rings. The van der Waals surface area contributed by atoms with Gasteiger partial charge >= 0.3 is 0 Å². The first kappa shape index (κ1) is 57.8. The van der Waals surface area contributed by atoms with Crippen molar-refractivity contribution in [3.8, 4) is 0 Å². The normalized spacial score (nSPS) is 22.6. The lowest BCUT2D eigenvalue weighted by Crippen LogP contribution is -2.46. The minimum Gasteiger partial charge on any atom is -0.337 e. The molecular weight excluding hydrogens is 830 g/mol. The van der Waals surface area contributed by atoms with Gasteiger partial charge in [-0.05, 0) is 60.5 Å². The summed E-state index contributed by atoms with van der Waals surface area (Å²) in [6.45, 7) is 18.8. The summed E-state index contributed by atoms with van der Waals surface area (Å²) in [5, 5.41) is -0.508. The van der Waals surface area contributed by atoms with Crippen LogP contribution < -0.4 is 5.73 Å². The van der Waals surface area contributed by atoms with E-state index in [-0.39, 0.29) is 88.4 Å². The lowest BCUT2D eigenvalue weighted by atomic mass is 9.86. The molecule has 3 fully saturated rings. The van der Waals surface area contributed by atoms with Crippen LogP contribution in [0.15, 0.2) is 0 Å². The summed E-state index contributed by atoms with van der Waals surface area (Å²) in [5.41, 5.74) is 5.47. The highest BCUT2D eigenvalue weighted by atomic mass is 35.5. The molecule has 0 aliphatic carbocycles. The SMILES string of the molecule is CC(C)(C)C=O.CC(C)(C)CCC1CCS(=O)(=O)C1.CC(C)(C)CN(C(=O)CCl)C1CCS(=O)(=O)C1.Cl.Cl.NC1CCS(=O)(=O)C1.O=C(Cl)CCl. The average molecular weight is 893 g/mol. The van der Waals surface area contributed by atoms with E-state index in [1.165, 1.54) is 0 Å². The molecule has 0 spiro atoms. The third kappa shape index (κ3) is 33.2. The molecule has 19 heteroatoms.